The summed E-state index contributed by atoms with van der Waals surface area (Å²) < 4.78 is 25.5. The Morgan fingerprint density at radius 1 is 1.10 bits per heavy atom. The fraction of sp³-hybridized carbons (Fsp3) is 0.304. The fourth-order valence-corrected chi connectivity index (χ4v) is 3.30. The van der Waals surface area contributed by atoms with E-state index in [9.17, 15) is 19.1 Å². The lowest BCUT2D eigenvalue weighted by molar-refractivity contribution is 0.172. The van der Waals surface area contributed by atoms with Gasteiger partial charge in [-0.05, 0) is 37.4 Å². The highest BCUT2D eigenvalue weighted by atomic mass is 19.1. The van der Waals surface area contributed by atoms with Crippen molar-refractivity contribution in [2.45, 2.75) is 19.6 Å². The number of carbonyl (C=O) groups excluding carboxylic acids is 1. The molecule has 0 aliphatic carbocycles. The second kappa shape index (κ2) is 9.28. The van der Waals surface area contributed by atoms with E-state index in [1.807, 2.05) is 19.0 Å². The van der Waals surface area contributed by atoms with Gasteiger partial charge >= 0.3 is 11.7 Å². The number of hydrogen-bond acceptors (Lipinski definition) is 6. The minimum absolute atomic E-state index is 0.0263. The molecule has 1 N–H and O–H groups in total. The third-order valence-corrected chi connectivity index (χ3v) is 4.83. The molecule has 0 spiro atoms. The zero-order valence-corrected chi connectivity index (χ0v) is 17.9. The lowest BCUT2D eigenvalue weighted by atomic mass is 9.97. The van der Waals surface area contributed by atoms with Gasteiger partial charge in [0, 0.05) is 49.6 Å². The van der Waals surface area contributed by atoms with Crippen LogP contribution in [0.3, 0.4) is 0 Å². The largest absolute Gasteiger partial charge is 0.422 e. The summed E-state index contributed by atoms with van der Waals surface area (Å²) in [6, 6.07) is 9.57. The van der Waals surface area contributed by atoms with Crippen LogP contribution < -0.4 is 10.4 Å². The van der Waals surface area contributed by atoms with Crippen LogP contribution in [0.5, 0.6) is 5.75 Å². The first-order chi connectivity index (χ1) is 14.7. The average Bonchev–Trinajstić information content (AvgIpc) is 2.71. The first-order valence-corrected chi connectivity index (χ1v) is 9.70. The molecule has 8 heteroatoms. The van der Waals surface area contributed by atoms with Gasteiger partial charge in [0.1, 0.15) is 17.1 Å². The van der Waals surface area contributed by atoms with Crippen molar-refractivity contribution in [3.63, 3.8) is 0 Å². The first-order valence-electron chi connectivity index (χ1n) is 9.70. The molecule has 1 aromatic heterocycles. The zero-order valence-electron chi connectivity index (χ0n) is 17.9. The molecule has 0 aliphatic heterocycles. The van der Waals surface area contributed by atoms with Crippen LogP contribution >= 0.6 is 0 Å². The van der Waals surface area contributed by atoms with Crippen LogP contribution in [0.2, 0.25) is 0 Å². The van der Waals surface area contributed by atoms with E-state index in [1.165, 1.54) is 17.0 Å². The molecule has 31 heavy (non-hydrogen) atoms. The molecule has 0 saturated carbocycles. The van der Waals surface area contributed by atoms with Gasteiger partial charge in [-0.2, -0.15) is 0 Å². The number of hydrogen-bond donors (Lipinski definition) is 1. The van der Waals surface area contributed by atoms with E-state index >= 15 is 0 Å². The maximum absolute atomic E-state index is 14.7. The smallest absolute Gasteiger partial charge is 0.414 e. The van der Waals surface area contributed by atoms with Gasteiger partial charge < -0.3 is 24.1 Å². The Labute approximate surface area is 179 Å². The van der Waals surface area contributed by atoms with E-state index in [2.05, 4.69) is 0 Å². The standard InChI is InChI=1S/C23H25FN2O5/c1-25(2)12-19-17-9-8-16(30-23(29)26(3)4)11-20(17)31-22(28)18(19)10-14-6-5-7-15(13-27)21(14)24/h5-9,11,27H,10,12-13H2,1-4H3. The summed E-state index contributed by atoms with van der Waals surface area (Å²) in [6.07, 6.45) is -0.524. The molecular weight excluding hydrogens is 403 g/mol. The molecule has 3 aromatic rings. The van der Waals surface area contributed by atoms with Crippen LogP contribution in [0.15, 0.2) is 45.6 Å². The number of rotatable bonds is 6. The van der Waals surface area contributed by atoms with E-state index in [0.29, 0.717) is 28.6 Å². The summed E-state index contributed by atoms with van der Waals surface area (Å²) in [5, 5.41) is 10.0. The summed E-state index contributed by atoms with van der Waals surface area (Å²) >= 11 is 0. The van der Waals surface area contributed by atoms with Gasteiger partial charge in [-0.25, -0.2) is 14.0 Å². The van der Waals surface area contributed by atoms with Crippen molar-refractivity contribution in [3.8, 4) is 5.75 Å². The molecule has 0 atom stereocenters. The molecule has 3 rings (SSSR count). The number of aliphatic hydroxyl groups excluding tert-OH is 1. The van der Waals surface area contributed by atoms with E-state index in [0.717, 1.165) is 0 Å². The first kappa shape index (κ1) is 22.5. The van der Waals surface area contributed by atoms with Crippen molar-refractivity contribution in [3.05, 3.63) is 74.9 Å². The minimum Gasteiger partial charge on any atom is -0.422 e. The molecule has 2 aromatic carbocycles. The maximum Gasteiger partial charge on any atom is 0.414 e. The van der Waals surface area contributed by atoms with E-state index in [-0.39, 0.29) is 23.3 Å². The number of carbonyl (C=O) groups is 1. The lowest BCUT2D eigenvalue weighted by Crippen LogP contribution is -2.25. The normalized spacial score (nSPS) is 11.2. The summed E-state index contributed by atoms with van der Waals surface area (Å²) in [5.41, 5.74) is 1.20. The molecule has 1 heterocycles. The Morgan fingerprint density at radius 3 is 2.45 bits per heavy atom. The van der Waals surface area contributed by atoms with Crippen molar-refractivity contribution >= 4 is 17.1 Å². The van der Waals surface area contributed by atoms with Crippen molar-refractivity contribution in [2.24, 2.45) is 0 Å². The SMILES string of the molecule is CN(C)Cc1c(Cc2cccc(CO)c2F)c(=O)oc2cc(OC(=O)N(C)C)ccc12. The quantitative estimate of drug-likeness (QED) is 0.608. The van der Waals surface area contributed by atoms with E-state index in [4.69, 9.17) is 9.15 Å². The Balaban J connectivity index is 2.12. The summed E-state index contributed by atoms with van der Waals surface area (Å²) in [4.78, 5) is 27.9. The van der Waals surface area contributed by atoms with Gasteiger partial charge in [0.05, 0.1) is 6.61 Å². The average molecular weight is 428 g/mol. The third-order valence-electron chi connectivity index (χ3n) is 4.83. The number of ether oxygens (including phenoxy) is 1. The Morgan fingerprint density at radius 2 is 1.81 bits per heavy atom. The van der Waals surface area contributed by atoms with Crippen LogP contribution in [0, 0.1) is 5.82 Å². The summed E-state index contributed by atoms with van der Waals surface area (Å²) in [7, 11) is 6.86. The molecule has 0 fully saturated rings. The van der Waals surface area contributed by atoms with E-state index in [1.54, 1.807) is 38.4 Å². The number of halogens is 1. The van der Waals surface area contributed by atoms with Gasteiger partial charge in [-0.3, -0.25) is 0 Å². The van der Waals surface area contributed by atoms with E-state index < -0.39 is 24.1 Å². The number of fused-ring (bicyclic) bond motifs is 1. The van der Waals surface area contributed by atoms with Gasteiger partial charge in [0.25, 0.3) is 0 Å². The molecule has 1 amide bonds. The fourth-order valence-electron chi connectivity index (χ4n) is 3.30. The van der Waals surface area contributed by atoms with Crippen molar-refractivity contribution in [1.29, 1.82) is 0 Å². The Kier molecular flexibility index (Phi) is 6.72. The highest BCUT2D eigenvalue weighted by Crippen LogP contribution is 2.27. The maximum atomic E-state index is 14.7. The van der Waals surface area contributed by atoms with Crippen molar-refractivity contribution in [1.82, 2.24) is 9.80 Å². The van der Waals surface area contributed by atoms with Gasteiger partial charge in [-0.15, -0.1) is 0 Å². The molecule has 0 aliphatic rings. The summed E-state index contributed by atoms with van der Waals surface area (Å²) in [5.74, 6) is -0.286. The van der Waals surface area contributed by atoms with Gasteiger partial charge in [0.15, 0.2) is 0 Å². The molecule has 0 radical (unpaired) electrons. The highest BCUT2D eigenvalue weighted by molar-refractivity contribution is 5.83. The van der Waals surface area contributed by atoms with Crippen LogP contribution in [-0.4, -0.2) is 49.2 Å². The topological polar surface area (TPSA) is 83.2 Å². The van der Waals surface area contributed by atoms with Crippen LogP contribution in [0.25, 0.3) is 11.0 Å². The monoisotopic (exact) mass is 428 g/mol. The number of nitrogens with zero attached hydrogens (tertiary/aromatic N) is 2. The van der Waals surface area contributed by atoms with Gasteiger partial charge in [0.2, 0.25) is 0 Å². The Hall–Kier alpha value is -3.23. The predicted octanol–water partition coefficient (Wildman–Crippen LogP) is 3.14. The molecule has 0 bridgehead atoms. The van der Waals surface area contributed by atoms with Crippen LogP contribution in [0.1, 0.15) is 22.3 Å². The predicted molar refractivity (Wildman–Crippen MR) is 115 cm³/mol. The Bertz CT molecular complexity index is 1170. The number of benzene rings is 2. The number of amides is 1. The second-order valence-corrected chi connectivity index (χ2v) is 7.73. The highest BCUT2D eigenvalue weighted by Gasteiger charge is 2.19. The van der Waals surface area contributed by atoms with Crippen molar-refractivity contribution < 1.29 is 23.4 Å². The molecular formula is C23H25FN2O5. The molecule has 0 saturated heterocycles. The molecule has 164 valence electrons. The van der Waals surface area contributed by atoms with Crippen molar-refractivity contribution in [2.75, 3.05) is 28.2 Å². The van der Waals surface area contributed by atoms with Gasteiger partial charge in [-0.1, -0.05) is 18.2 Å². The molecule has 7 nitrogen and oxygen atoms in total. The molecule has 0 unspecified atom stereocenters. The summed E-state index contributed by atoms with van der Waals surface area (Å²) in [6.45, 7) is 0.000572. The van der Waals surface area contributed by atoms with Crippen LogP contribution in [0.4, 0.5) is 9.18 Å². The zero-order chi connectivity index (χ0) is 22.7. The third kappa shape index (κ3) is 4.92. The minimum atomic E-state index is -0.589. The number of aliphatic hydroxyl groups is 1. The van der Waals surface area contributed by atoms with Crippen LogP contribution in [-0.2, 0) is 19.6 Å². The lowest BCUT2D eigenvalue weighted by Gasteiger charge is -2.17. The second-order valence-electron chi connectivity index (χ2n) is 7.73.